The van der Waals surface area contributed by atoms with Crippen LogP contribution in [-0.2, 0) is 32.0 Å². The number of aliphatic carboxylic acids is 1. The Kier molecular flexibility index (Phi) is 6.01. The first-order chi connectivity index (χ1) is 12.1. The third kappa shape index (κ3) is 5.01. The Morgan fingerprint density at radius 1 is 1.32 bits per heavy atom. The predicted octanol–water partition coefficient (Wildman–Crippen LogP) is 0.420. The molecule has 136 valence electrons. The van der Waals surface area contributed by atoms with Crippen molar-refractivity contribution in [3.8, 4) is 0 Å². The van der Waals surface area contributed by atoms with Crippen molar-refractivity contribution in [2.24, 2.45) is 0 Å². The Hall–Kier alpha value is -1.96. The van der Waals surface area contributed by atoms with Crippen LogP contribution in [-0.4, -0.2) is 66.9 Å². The molecule has 0 spiro atoms. The summed E-state index contributed by atoms with van der Waals surface area (Å²) in [5.74, 6) is -1.10. The quantitative estimate of drug-likeness (QED) is 0.775. The van der Waals surface area contributed by atoms with Crippen LogP contribution in [0.3, 0.4) is 0 Å². The summed E-state index contributed by atoms with van der Waals surface area (Å²) in [6.07, 6.45) is 1.20. The third-order valence-electron chi connectivity index (χ3n) is 4.64. The van der Waals surface area contributed by atoms with Crippen molar-refractivity contribution in [2.75, 3.05) is 32.9 Å². The van der Waals surface area contributed by atoms with Gasteiger partial charge in [0.2, 0.25) is 5.91 Å². The normalized spacial score (nSPS) is 23.7. The minimum Gasteiger partial charge on any atom is -0.480 e. The number of amides is 1. The molecule has 3 rings (SSSR count). The number of carbonyl (C=O) groups excluding carboxylic acids is 1. The smallest absolute Gasteiger partial charge is 0.329 e. The number of ether oxygens (including phenoxy) is 2. The molecule has 1 fully saturated rings. The molecule has 25 heavy (non-hydrogen) atoms. The first kappa shape index (κ1) is 17.8. The van der Waals surface area contributed by atoms with Crippen LogP contribution in [0.2, 0.25) is 0 Å². The third-order valence-corrected chi connectivity index (χ3v) is 4.64. The molecule has 0 aromatic heterocycles. The van der Waals surface area contributed by atoms with E-state index in [1.54, 1.807) is 0 Å². The maximum Gasteiger partial charge on any atom is 0.329 e. The van der Waals surface area contributed by atoms with Gasteiger partial charge in [-0.3, -0.25) is 9.69 Å². The molecule has 1 aromatic carbocycles. The maximum absolute atomic E-state index is 12.4. The van der Waals surface area contributed by atoms with Gasteiger partial charge in [0, 0.05) is 19.7 Å². The van der Waals surface area contributed by atoms with E-state index in [9.17, 15) is 9.59 Å². The van der Waals surface area contributed by atoms with E-state index in [2.05, 4.69) is 22.3 Å². The molecule has 2 N–H and O–H groups in total. The lowest BCUT2D eigenvalue weighted by Gasteiger charge is -2.33. The van der Waals surface area contributed by atoms with Crippen molar-refractivity contribution >= 4 is 11.9 Å². The van der Waals surface area contributed by atoms with Gasteiger partial charge in [-0.15, -0.1) is 0 Å². The molecule has 7 nitrogen and oxygen atoms in total. The zero-order valence-corrected chi connectivity index (χ0v) is 14.1. The van der Waals surface area contributed by atoms with Crippen LogP contribution in [0.5, 0.6) is 0 Å². The number of benzene rings is 1. The highest BCUT2D eigenvalue weighted by atomic mass is 16.5. The zero-order chi connectivity index (χ0) is 17.6. The Morgan fingerprint density at radius 3 is 2.92 bits per heavy atom. The average Bonchev–Trinajstić information content (AvgIpc) is 2.60. The number of carboxylic acid groups (broad SMARTS) is 1. The van der Waals surface area contributed by atoms with Gasteiger partial charge >= 0.3 is 5.97 Å². The van der Waals surface area contributed by atoms with Gasteiger partial charge in [-0.2, -0.15) is 0 Å². The van der Waals surface area contributed by atoms with E-state index < -0.39 is 5.97 Å². The van der Waals surface area contributed by atoms with Crippen LogP contribution in [0.4, 0.5) is 0 Å². The van der Waals surface area contributed by atoms with E-state index in [1.807, 2.05) is 12.1 Å². The second kappa shape index (κ2) is 8.42. The molecule has 7 heteroatoms. The number of rotatable bonds is 6. The van der Waals surface area contributed by atoms with Crippen LogP contribution in [0.15, 0.2) is 24.3 Å². The Bertz CT molecular complexity index is 621. The summed E-state index contributed by atoms with van der Waals surface area (Å²) >= 11 is 0. The Labute approximate surface area is 146 Å². The fraction of sp³-hybridized carbons (Fsp3) is 0.556. The summed E-state index contributed by atoms with van der Waals surface area (Å²) in [7, 11) is 0. The van der Waals surface area contributed by atoms with Crippen molar-refractivity contribution in [1.29, 1.82) is 0 Å². The highest BCUT2D eigenvalue weighted by Gasteiger charge is 2.29. The summed E-state index contributed by atoms with van der Waals surface area (Å²) in [6, 6.07) is 7.99. The first-order valence-corrected chi connectivity index (χ1v) is 8.61. The highest BCUT2D eigenvalue weighted by Crippen LogP contribution is 2.18. The van der Waals surface area contributed by atoms with Crippen molar-refractivity contribution in [3.63, 3.8) is 0 Å². The van der Waals surface area contributed by atoms with Gasteiger partial charge in [0.05, 0.1) is 25.3 Å². The van der Waals surface area contributed by atoms with Gasteiger partial charge in [-0.25, -0.2) is 4.79 Å². The van der Waals surface area contributed by atoms with E-state index in [4.69, 9.17) is 14.6 Å². The second-order valence-electron chi connectivity index (χ2n) is 6.51. The van der Waals surface area contributed by atoms with Gasteiger partial charge in [0.1, 0.15) is 6.61 Å². The van der Waals surface area contributed by atoms with Crippen molar-refractivity contribution in [1.82, 2.24) is 10.2 Å². The number of hydrogen-bond donors (Lipinski definition) is 2. The summed E-state index contributed by atoms with van der Waals surface area (Å²) in [6.45, 7) is 2.43. The van der Waals surface area contributed by atoms with E-state index in [0.717, 1.165) is 19.5 Å². The molecule has 2 heterocycles. The highest BCUT2D eigenvalue weighted by molar-refractivity contribution is 5.78. The number of carbonyl (C=O) groups is 2. The molecule has 2 atom stereocenters. The standard InChI is InChI=1S/C18H24N2O5/c21-17(10-20-7-5-13-3-1-2-4-14(13)9-20)19-15-11-24-8-6-16(15)25-12-18(22)23/h1-4,15-16H,5-12H2,(H,19,21)(H,22,23)/t15-,16+/m1/s1. The molecular formula is C18H24N2O5. The minimum atomic E-state index is -1.01. The van der Waals surface area contributed by atoms with E-state index in [1.165, 1.54) is 11.1 Å². The number of nitrogens with zero attached hydrogens (tertiary/aromatic N) is 1. The van der Waals surface area contributed by atoms with Crippen molar-refractivity contribution in [2.45, 2.75) is 31.5 Å². The zero-order valence-electron chi connectivity index (χ0n) is 14.1. The van der Waals surface area contributed by atoms with Crippen LogP contribution >= 0.6 is 0 Å². The molecule has 0 bridgehead atoms. The first-order valence-electron chi connectivity index (χ1n) is 8.61. The Morgan fingerprint density at radius 2 is 2.12 bits per heavy atom. The molecular weight excluding hydrogens is 324 g/mol. The van der Waals surface area contributed by atoms with Crippen LogP contribution in [0, 0.1) is 0 Å². The molecule has 2 aliphatic heterocycles. The van der Waals surface area contributed by atoms with E-state index in [-0.39, 0.29) is 24.7 Å². The molecule has 1 aromatic rings. The van der Waals surface area contributed by atoms with Crippen LogP contribution < -0.4 is 5.32 Å². The summed E-state index contributed by atoms with van der Waals surface area (Å²) in [4.78, 5) is 25.2. The van der Waals surface area contributed by atoms with Crippen LogP contribution in [0.1, 0.15) is 17.5 Å². The Balaban J connectivity index is 1.50. The molecule has 0 unspecified atom stereocenters. The van der Waals surface area contributed by atoms with Crippen LogP contribution in [0.25, 0.3) is 0 Å². The second-order valence-corrected chi connectivity index (χ2v) is 6.51. The number of carboxylic acids is 1. The van der Waals surface area contributed by atoms with Gasteiger partial charge in [-0.05, 0) is 24.0 Å². The topological polar surface area (TPSA) is 88.1 Å². The molecule has 1 amide bonds. The molecule has 0 radical (unpaired) electrons. The lowest BCUT2D eigenvalue weighted by atomic mass is 10.00. The largest absolute Gasteiger partial charge is 0.480 e. The number of hydrogen-bond acceptors (Lipinski definition) is 5. The molecule has 2 aliphatic rings. The van der Waals surface area contributed by atoms with Gasteiger partial charge < -0.3 is 19.9 Å². The van der Waals surface area contributed by atoms with Gasteiger partial charge in [0.25, 0.3) is 0 Å². The lowest BCUT2D eigenvalue weighted by Crippen LogP contribution is -2.53. The van der Waals surface area contributed by atoms with E-state index in [0.29, 0.717) is 26.2 Å². The summed E-state index contributed by atoms with van der Waals surface area (Å²) in [5.41, 5.74) is 2.62. The lowest BCUT2D eigenvalue weighted by molar-refractivity contribution is -0.148. The molecule has 0 saturated carbocycles. The summed E-state index contributed by atoms with van der Waals surface area (Å²) in [5, 5.41) is 11.7. The van der Waals surface area contributed by atoms with E-state index >= 15 is 0 Å². The minimum absolute atomic E-state index is 0.0844. The molecule has 1 saturated heterocycles. The summed E-state index contributed by atoms with van der Waals surface area (Å²) < 4.78 is 10.8. The predicted molar refractivity (Wildman–Crippen MR) is 90.2 cm³/mol. The van der Waals surface area contributed by atoms with Gasteiger partial charge in [0.15, 0.2) is 0 Å². The number of nitrogens with one attached hydrogen (secondary N) is 1. The SMILES string of the molecule is O=C(O)CO[C@H]1CCOC[C@H]1NC(=O)CN1CCc2ccccc2C1. The van der Waals surface area contributed by atoms with Gasteiger partial charge in [-0.1, -0.05) is 24.3 Å². The maximum atomic E-state index is 12.4. The fourth-order valence-electron chi connectivity index (χ4n) is 3.38. The van der Waals surface area contributed by atoms with Crippen molar-refractivity contribution in [3.05, 3.63) is 35.4 Å². The molecule has 0 aliphatic carbocycles. The average molecular weight is 348 g/mol. The van der Waals surface area contributed by atoms with Crippen molar-refractivity contribution < 1.29 is 24.2 Å². The monoisotopic (exact) mass is 348 g/mol. The number of fused-ring (bicyclic) bond motifs is 1. The fourth-order valence-corrected chi connectivity index (χ4v) is 3.38.